The minimum absolute atomic E-state index is 1.04. The average molecular weight is 242 g/mol. The number of hydrogen-bond donors (Lipinski definition) is 0. The lowest BCUT2D eigenvalue weighted by molar-refractivity contribution is 1.01. The largest absolute Gasteiger partial charge is 0.260 e. The zero-order chi connectivity index (χ0) is 11.7. The Morgan fingerprint density at radius 3 is 3.12 bits per heavy atom. The van der Waals surface area contributed by atoms with Crippen LogP contribution in [0.25, 0.3) is 10.9 Å². The molecular weight excluding hydrogens is 228 g/mol. The van der Waals surface area contributed by atoms with Gasteiger partial charge >= 0.3 is 0 Å². The molecule has 0 unspecified atom stereocenters. The van der Waals surface area contributed by atoms with Crippen LogP contribution in [0, 0.1) is 0 Å². The normalized spacial score (nSPS) is 15.4. The summed E-state index contributed by atoms with van der Waals surface area (Å²) in [6, 6.07) is 8.29. The maximum atomic E-state index is 4.77. The molecule has 1 aliphatic rings. The second kappa shape index (κ2) is 4.49. The number of hydrogen-bond acceptors (Lipinski definition) is 3. The summed E-state index contributed by atoms with van der Waals surface area (Å²) in [5.41, 5.74) is 4.76. The van der Waals surface area contributed by atoms with Crippen LogP contribution >= 0.6 is 11.8 Å². The lowest BCUT2D eigenvalue weighted by Crippen LogP contribution is -2.06. The summed E-state index contributed by atoms with van der Waals surface area (Å²) in [6.45, 7) is 1.97. The summed E-state index contributed by atoms with van der Waals surface area (Å²) in [5, 5.41) is 1.17. The third kappa shape index (κ3) is 1.84. The molecule has 0 amide bonds. The molecule has 0 aliphatic carbocycles. The van der Waals surface area contributed by atoms with E-state index in [-0.39, 0.29) is 0 Å². The predicted octanol–water partition coefficient (Wildman–Crippen LogP) is 3.75. The van der Waals surface area contributed by atoms with E-state index in [4.69, 9.17) is 4.98 Å². The zero-order valence-corrected chi connectivity index (χ0v) is 10.6. The quantitative estimate of drug-likeness (QED) is 0.712. The molecule has 0 spiro atoms. The fourth-order valence-corrected chi connectivity index (χ4v) is 3.25. The van der Waals surface area contributed by atoms with Gasteiger partial charge < -0.3 is 0 Å². The van der Waals surface area contributed by atoms with Gasteiger partial charge in [0.05, 0.1) is 11.2 Å². The van der Waals surface area contributed by atoms with Gasteiger partial charge in [-0.1, -0.05) is 18.2 Å². The van der Waals surface area contributed by atoms with E-state index in [0.29, 0.717) is 0 Å². The van der Waals surface area contributed by atoms with Crippen LogP contribution in [0.2, 0.25) is 0 Å². The first-order valence-electron chi connectivity index (χ1n) is 5.87. The van der Waals surface area contributed by atoms with Crippen LogP contribution in [0.5, 0.6) is 0 Å². The number of aliphatic imine (C=N–C) groups is 1. The molecule has 3 heteroatoms. The van der Waals surface area contributed by atoms with E-state index in [0.717, 1.165) is 23.4 Å². The highest BCUT2D eigenvalue weighted by atomic mass is 32.2. The van der Waals surface area contributed by atoms with Gasteiger partial charge in [-0.05, 0) is 25.2 Å². The van der Waals surface area contributed by atoms with Crippen molar-refractivity contribution in [2.45, 2.75) is 19.1 Å². The molecule has 1 aliphatic heterocycles. The molecule has 0 bridgehead atoms. The van der Waals surface area contributed by atoms with Crippen molar-refractivity contribution in [2.24, 2.45) is 4.99 Å². The van der Waals surface area contributed by atoms with Crippen LogP contribution in [0.3, 0.4) is 0 Å². The highest BCUT2D eigenvalue weighted by molar-refractivity contribution is 7.98. The van der Waals surface area contributed by atoms with Gasteiger partial charge in [0.1, 0.15) is 0 Å². The Morgan fingerprint density at radius 2 is 2.24 bits per heavy atom. The second-order valence-electron chi connectivity index (χ2n) is 4.09. The molecule has 2 heterocycles. The first kappa shape index (κ1) is 10.8. The van der Waals surface area contributed by atoms with Crippen molar-refractivity contribution in [3.63, 3.8) is 0 Å². The molecular formula is C14H14N2S. The van der Waals surface area contributed by atoms with Crippen LogP contribution in [-0.4, -0.2) is 17.0 Å². The molecule has 1 aromatic heterocycles. The first-order valence-corrected chi connectivity index (χ1v) is 7.02. The summed E-state index contributed by atoms with van der Waals surface area (Å²) in [4.78, 5) is 9.34. The maximum Gasteiger partial charge on any atom is 0.0778 e. The lowest BCUT2D eigenvalue weighted by Gasteiger charge is -2.18. The Morgan fingerprint density at radius 1 is 1.35 bits per heavy atom. The monoisotopic (exact) mass is 242 g/mol. The molecule has 0 saturated carbocycles. The number of benzene rings is 1. The number of pyridine rings is 1. The number of nitrogens with zero attached hydrogens (tertiary/aromatic N) is 2. The van der Waals surface area contributed by atoms with Gasteiger partial charge in [0, 0.05) is 28.6 Å². The van der Waals surface area contributed by atoms with Gasteiger partial charge in [-0.15, -0.1) is 0 Å². The van der Waals surface area contributed by atoms with Gasteiger partial charge in [-0.25, -0.2) is 0 Å². The number of aryl methyl sites for hydroxylation is 1. The number of rotatable bonds is 1. The summed E-state index contributed by atoms with van der Waals surface area (Å²) < 4.78 is 0. The van der Waals surface area contributed by atoms with E-state index in [2.05, 4.69) is 23.2 Å². The fourth-order valence-electron chi connectivity index (χ4n) is 2.26. The number of fused-ring (bicyclic) bond motifs is 2. The molecule has 0 radical (unpaired) electrons. The van der Waals surface area contributed by atoms with E-state index in [9.17, 15) is 0 Å². The Hall–Kier alpha value is -1.35. The van der Waals surface area contributed by atoms with E-state index in [1.54, 1.807) is 0 Å². The summed E-state index contributed by atoms with van der Waals surface area (Å²) >= 11 is 1.97. The minimum atomic E-state index is 1.04. The molecule has 0 saturated heterocycles. The van der Waals surface area contributed by atoms with Crippen molar-refractivity contribution in [1.82, 2.24) is 4.98 Å². The van der Waals surface area contributed by atoms with Crippen molar-refractivity contribution >= 4 is 34.6 Å². The molecule has 2 nitrogen and oxygen atoms in total. The standard InChI is InChI=1S/C14H14N2S/c1-2-15-14-10-5-3-4-6-12(10)16-13-7-8-17-9-11(13)14/h2-6H,7-9H2,1H3/b15-2+. The fraction of sp³-hybridized carbons (Fsp3) is 0.286. The molecule has 0 fully saturated rings. The highest BCUT2D eigenvalue weighted by Crippen LogP contribution is 2.36. The molecule has 0 N–H and O–H groups in total. The molecule has 2 aromatic rings. The Bertz CT molecular complexity index is 590. The van der Waals surface area contributed by atoms with Crippen molar-refractivity contribution < 1.29 is 0 Å². The van der Waals surface area contributed by atoms with Crippen LogP contribution in [-0.2, 0) is 12.2 Å². The predicted molar refractivity (Wildman–Crippen MR) is 75.4 cm³/mol. The average Bonchev–Trinajstić information content (AvgIpc) is 2.39. The maximum absolute atomic E-state index is 4.77. The van der Waals surface area contributed by atoms with Crippen molar-refractivity contribution in [3.8, 4) is 0 Å². The van der Waals surface area contributed by atoms with Crippen LogP contribution in [0.1, 0.15) is 18.2 Å². The third-order valence-corrected chi connectivity index (χ3v) is 4.02. The van der Waals surface area contributed by atoms with Gasteiger partial charge in [0.15, 0.2) is 0 Å². The SMILES string of the molecule is C/C=N/c1c2c(nc3ccccc13)CCSC2. The van der Waals surface area contributed by atoms with E-state index < -0.39 is 0 Å². The van der Waals surface area contributed by atoms with Crippen LogP contribution < -0.4 is 0 Å². The van der Waals surface area contributed by atoms with Gasteiger partial charge in [-0.3, -0.25) is 9.98 Å². The molecule has 17 heavy (non-hydrogen) atoms. The Labute approximate surface area is 105 Å². The minimum Gasteiger partial charge on any atom is -0.260 e. The van der Waals surface area contributed by atoms with Crippen molar-refractivity contribution in [2.75, 3.05) is 5.75 Å². The highest BCUT2D eigenvalue weighted by Gasteiger charge is 2.17. The summed E-state index contributed by atoms with van der Waals surface area (Å²) in [6.07, 6.45) is 2.94. The summed E-state index contributed by atoms with van der Waals surface area (Å²) in [5.74, 6) is 2.22. The number of para-hydroxylation sites is 1. The first-order chi connectivity index (χ1) is 8.40. The zero-order valence-electron chi connectivity index (χ0n) is 9.81. The topological polar surface area (TPSA) is 25.2 Å². The Balaban J connectivity index is 2.36. The third-order valence-electron chi connectivity index (χ3n) is 3.04. The summed E-state index contributed by atoms with van der Waals surface area (Å²) in [7, 11) is 0. The molecule has 3 rings (SSSR count). The molecule has 1 aromatic carbocycles. The number of aromatic nitrogens is 1. The van der Waals surface area contributed by atoms with Crippen molar-refractivity contribution in [3.05, 3.63) is 35.5 Å². The molecule has 0 atom stereocenters. The van der Waals surface area contributed by atoms with Crippen LogP contribution in [0.4, 0.5) is 5.69 Å². The van der Waals surface area contributed by atoms with E-state index >= 15 is 0 Å². The number of thioether (sulfide) groups is 1. The lowest BCUT2D eigenvalue weighted by atomic mass is 10.1. The van der Waals surface area contributed by atoms with Gasteiger partial charge in [0.2, 0.25) is 0 Å². The second-order valence-corrected chi connectivity index (χ2v) is 5.20. The molecule has 86 valence electrons. The van der Waals surface area contributed by atoms with E-state index in [1.807, 2.05) is 31.0 Å². The smallest absolute Gasteiger partial charge is 0.0778 e. The van der Waals surface area contributed by atoms with Gasteiger partial charge in [-0.2, -0.15) is 11.8 Å². The van der Waals surface area contributed by atoms with Crippen LogP contribution in [0.15, 0.2) is 29.3 Å². The Kier molecular flexibility index (Phi) is 2.85. The van der Waals surface area contributed by atoms with E-state index in [1.165, 1.54) is 22.4 Å². The van der Waals surface area contributed by atoms with Crippen molar-refractivity contribution in [1.29, 1.82) is 0 Å². The van der Waals surface area contributed by atoms with Gasteiger partial charge in [0.25, 0.3) is 0 Å².